The highest BCUT2D eigenvalue weighted by molar-refractivity contribution is 7.70. The number of likely N-dealkylation sites (tertiary alicyclic amines) is 1. The number of nitrogens with zero attached hydrogens (tertiary/aromatic N) is 5. The average Bonchev–Trinajstić information content (AvgIpc) is 2.92. The molecular weight excluding hydrogens is 1150 g/mol. The van der Waals surface area contributed by atoms with Crippen molar-refractivity contribution in [2.75, 3.05) is 33.3 Å². The summed E-state index contributed by atoms with van der Waals surface area (Å²) in [4.78, 5) is 173. The summed E-state index contributed by atoms with van der Waals surface area (Å²) in [6.45, 7) is 0.181. The topological polar surface area (TPSA) is 364 Å². The number of carbonyl (C=O) groups excluding carboxylic acids is 10. The van der Waals surface area contributed by atoms with Crippen molar-refractivity contribution in [3.8, 4) is 0 Å². The Morgan fingerprint density at radius 2 is 1.56 bits per heavy atom. The molecular formula is C57H66F2N11O15P. The fourth-order valence-corrected chi connectivity index (χ4v) is 12.6. The van der Waals surface area contributed by atoms with Gasteiger partial charge < -0.3 is 55.9 Å². The number of aryl methyl sites for hydroxylation is 2. The molecule has 9 amide bonds. The summed E-state index contributed by atoms with van der Waals surface area (Å²) < 4.78 is 48.3. The molecule has 6 heterocycles. The predicted molar refractivity (Wildman–Crippen MR) is 301 cm³/mol. The van der Waals surface area contributed by atoms with E-state index in [9.17, 15) is 75.9 Å². The van der Waals surface area contributed by atoms with Crippen LogP contribution in [0.2, 0.25) is 0 Å². The van der Waals surface area contributed by atoms with Crippen LogP contribution in [-0.2, 0) is 62.8 Å². The first-order chi connectivity index (χ1) is 40.9. The van der Waals surface area contributed by atoms with Crippen molar-refractivity contribution in [3.63, 3.8) is 0 Å². The van der Waals surface area contributed by atoms with Gasteiger partial charge in [-0.15, -0.1) is 0 Å². The van der Waals surface area contributed by atoms with Crippen LogP contribution in [0.15, 0.2) is 65.5 Å². The fraction of sp³-hybridized carbons (Fsp3) is 0.456. The largest absolute Gasteiger partial charge is 0.453 e. The van der Waals surface area contributed by atoms with Crippen LogP contribution >= 0.6 is 7.60 Å². The molecule has 458 valence electrons. The molecule has 86 heavy (non-hydrogen) atoms. The first kappa shape index (κ1) is 61.9. The molecule has 3 aromatic carbocycles. The number of halogens is 2. The van der Waals surface area contributed by atoms with Crippen LogP contribution in [0.1, 0.15) is 109 Å². The number of imidazole rings is 1. The first-order valence-electron chi connectivity index (χ1n) is 28.2. The van der Waals surface area contributed by atoms with Gasteiger partial charge >= 0.3 is 19.4 Å². The van der Waals surface area contributed by atoms with E-state index < -0.39 is 121 Å². The highest BCUT2D eigenvalue weighted by atomic mass is 31.2. The number of nitrogens with one attached hydrogen (secondary N) is 5. The van der Waals surface area contributed by atoms with Gasteiger partial charge in [0, 0.05) is 68.5 Å². The van der Waals surface area contributed by atoms with Crippen LogP contribution in [-0.4, -0.2) is 161 Å². The molecule has 26 nitrogen and oxygen atoms in total. The summed E-state index contributed by atoms with van der Waals surface area (Å²) in [6, 6.07) is 6.44. The number of H-pyrrole nitrogens is 1. The van der Waals surface area contributed by atoms with Crippen molar-refractivity contribution in [2.24, 2.45) is 18.7 Å². The lowest BCUT2D eigenvalue weighted by atomic mass is 9.90. The smallest absolute Gasteiger partial charge is 0.409 e. The van der Waals surface area contributed by atoms with E-state index in [1.807, 2.05) is 12.1 Å². The van der Waals surface area contributed by atoms with Gasteiger partial charge in [0.25, 0.3) is 11.4 Å². The second kappa shape index (κ2) is 25.9. The van der Waals surface area contributed by atoms with Gasteiger partial charge in [0.15, 0.2) is 11.6 Å². The molecule has 5 aromatic rings. The molecule has 0 bridgehead atoms. The second-order valence-electron chi connectivity index (χ2n) is 22.3. The van der Waals surface area contributed by atoms with Gasteiger partial charge in [-0.2, -0.15) is 0 Å². The van der Waals surface area contributed by atoms with Crippen LogP contribution in [0.4, 0.5) is 13.6 Å². The van der Waals surface area contributed by atoms with Gasteiger partial charge in [-0.1, -0.05) is 12.1 Å². The van der Waals surface area contributed by atoms with Crippen molar-refractivity contribution in [2.45, 2.75) is 120 Å². The van der Waals surface area contributed by atoms with Gasteiger partial charge in [-0.25, -0.2) is 18.4 Å². The second-order valence-corrected chi connectivity index (χ2v) is 23.8. The minimum Gasteiger partial charge on any atom is -0.453 e. The zero-order valence-corrected chi connectivity index (χ0v) is 47.9. The van der Waals surface area contributed by atoms with E-state index >= 15 is 0 Å². The molecule has 9 N–H and O–H groups in total. The number of aromatic nitrogens is 3. The Kier molecular flexibility index (Phi) is 18.7. The quantitative estimate of drug-likeness (QED) is 0.0433. The van der Waals surface area contributed by atoms with Gasteiger partial charge in [0.1, 0.15) is 35.9 Å². The summed E-state index contributed by atoms with van der Waals surface area (Å²) in [5, 5.41) is 10.5. The maximum atomic E-state index is 14.7. The number of hydrogen-bond acceptors (Lipinski definition) is 13. The van der Waals surface area contributed by atoms with E-state index in [-0.39, 0.29) is 104 Å². The Morgan fingerprint density at radius 3 is 2.26 bits per heavy atom. The van der Waals surface area contributed by atoms with E-state index in [0.29, 0.717) is 35.8 Å². The minimum atomic E-state index is -5.14. The molecule has 29 heteroatoms. The Morgan fingerprint density at radius 1 is 0.826 bits per heavy atom. The van der Waals surface area contributed by atoms with E-state index in [0.717, 1.165) is 43.7 Å². The molecule has 4 fully saturated rings. The van der Waals surface area contributed by atoms with Crippen molar-refractivity contribution in [3.05, 3.63) is 105 Å². The summed E-state index contributed by atoms with van der Waals surface area (Å²) in [7, 11) is -2.38. The molecule has 0 aliphatic carbocycles. The zero-order chi connectivity index (χ0) is 61.9. The molecule has 3 unspecified atom stereocenters. The predicted octanol–water partition coefficient (Wildman–Crippen LogP) is 2.06. The van der Waals surface area contributed by atoms with Crippen LogP contribution in [0.3, 0.4) is 0 Å². The van der Waals surface area contributed by atoms with E-state index in [2.05, 4.69) is 26.3 Å². The number of rotatable bonds is 19. The number of hydrogen-bond donors (Lipinski definition) is 8. The van der Waals surface area contributed by atoms with Gasteiger partial charge in [-0.3, -0.25) is 62.2 Å². The molecule has 4 aliphatic rings. The number of fused-ring (bicyclic) bond motifs is 3. The number of imide groups is 1. The van der Waals surface area contributed by atoms with Crippen molar-refractivity contribution in [1.29, 1.82) is 0 Å². The molecule has 0 spiro atoms. The number of ether oxygens (including phenoxy) is 1. The molecule has 4 aliphatic heterocycles. The van der Waals surface area contributed by atoms with Gasteiger partial charge in [-0.05, 0) is 130 Å². The van der Waals surface area contributed by atoms with E-state index in [1.54, 1.807) is 18.0 Å². The molecule has 4 saturated heterocycles. The van der Waals surface area contributed by atoms with Crippen LogP contribution in [0.25, 0.3) is 21.9 Å². The summed E-state index contributed by atoms with van der Waals surface area (Å²) in [5.41, 5.74) is 5.91. The average molecular weight is 1210 g/mol. The normalized spacial score (nSPS) is 20.2. The lowest BCUT2D eigenvalue weighted by molar-refractivity contribution is -0.144. The first-order valence-corrected chi connectivity index (χ1v) is 29.8. The number of piperidine rings is 2. The van der Waals surface area contributed by atoms with Crippen molar-refractivity contribution < 1.29 is 75.8 Å². The maximum Gasteiger partial charge on any atom is 0.409 e. The zero-order valence-electron chi connectivity index (χ0n) is 47.1. The van der Waals surface area contributed by atoms with Crippen LogP contribution in [0.5, 0.6) is 0 Å². The highest BCUT2D eigenvalue weighted by Gasteiger charge is 2.47. The number of primary amides is 1. The Bertz CT molecular complexity index is 3660. The summed E-state index contributed by atoms with van der Waals surface area (Å²) >= 11 is 0. The fourth-order valence-electron chi connectivity index (χ4n) is 12.1. The number of carbonyl (C=O) groups is 10. The van der Waals surface area contributed by atoms with Crippen molar-refractivity contribution >= 4 is 88.4 Å². The van der Waals surface area contributed by atoms with Crippen LogP contribution in [0, 0.1) is 17.6 Å². The molecule has 0 radical (unpaired) electrons. The molecule has 0 saturated carbocycles. The Balaban J connectivity index is 0.867. The monoisotopic (exact) mass is 1210 g/mol. The van der Waals surface area contributed by atoms with Crippen LogP contribution < -0.4 is 32.7 Å². The summed E-state index contributed by atoms with van der Waals surface area (Å²) in [5.74, 6) is -7.82. The van der Waals surface area contributed by atoms with Gasteiger partial charge in [0.2, 0.25) is 41.4 Å². The highest BCUT2D eigenvalue weighted by Crippen LogP contribution is 2.40. The van der Waals surface area contributed by atoms with E-state index in [1.165, 1.54) is 43.2 Å². The lowest BCUT2D eigenvalue weighted by Gasteiger charge is -2.38. The third-order valence-electron chi connectivity index (χ3n) is 16.6. The Labute approximate surface area is 489 Å². The standard InChI is InChI=1S/C57H66F2N11O15P/c1-66-46-26-31(7-13-43(46)70(56(66)80)45-15-17-48(72)65-52(45)76)5-3-4-30-18-21-67(22-19-30)53(77)41(25-32-6-10-36(58)37(59)24-32)63-49(73)39(12-16-47(60)71)62-51(75)44-14-9-35-20-23-68(57(81)85-2)29-42(54(78)69(35)44)64-50(74)40-28-34-27-33(8-11-38(34)61-40)55(79)86(82,83)84/h6-8,10-11,13,24,26-28,30,35,39,41-42,44-45,61H,3-5,9,12,14-23,25,29H2,1-2H3,(H2,60,71)(H,62,75)(H,63,73)(H,64,74)(H,65,72,76)(H2,82,83,84)/t35-,39?,41?,42+,44+,45?/m1/s1. The molecule has 2 aromatic heterocycles. The number of amides is 9. The van der Waals surface area contributed by atoms with Crippen molar-refractivity contribution in [1.82, 2.24) is 50.1 Å². The third kappa shape index (κ3) is 13.7. The minimum absolute atomic E-state index is 0.0230. The summed E-state index contributed by atoms with van der Waals surface area (Å²) in [6.07, 6.45) is 2.33. The number of benzene rings is 3. The number of methoxy groups -OCH3 is 1. The molecule has 6 atom stereocenters. The number of aromatic amines is 1. The Hall–Kier alpha value is -8.62. The SMILES string of the molecule is COC(=O)N1CC[C@H]2CC[C@@H](C(=O)NC(CCC(N)=O)C(=O)NC(Cc3ccc(F)c(F)c3)C(=O)N3CCC(CCCc4ccc5c(c4)n(C)c(=O)n5C4CCC(=O)NC4=O)CC3)N2C(=O)[C@@H](NC(=O)c2cc3cc(C(=O)P(=O)(O)O)ccc3[nH]2)C1. The maximum absolute atomic E-state index is 14.7. The van der Waals surface area contributed by atoms with E-state index in [4.69, 9.17) is 10.5 Å². The molecule has 9 rings (SSSR count). The third-order valence-corrected chi connectivity index (χ3v) is 17.4. The van der Waals surface area contributed by atoms with Gasteiger partial charge in [0.05, 0.1) is 24.7 Å². The lowest BCUT2D eigenvalue weighted by Crippen LogP contribution is -2.62. The number of nitrogens with two attached hydrogens (primary N) is 1.